The van der Waals surface area contributed by atoms with E-state index in [9.17, 15) is 4.79 Å². The molecular formula is C15H14ClN3OS. The zero-order valence-corrected chi connectivity index (χ0v) is 13.3. The molecule has 3 rings (SSSR count). The second-order valence-corrected chi connectivity index (χ2v) is 6.25. The molecule has 0 saturated heterocycles. The van der Waals surface area contributed by atoms with Gasteiger partial charge in [-0.05, 0) is 61.5 Å². The predicted octanol–water partition coefficient (Wildman–Crippen LogP) is 3.58. The maximum absolute atomic E-state index is 12.4. The van der Waals surface area contributed by atoms with Gasteiger partial charge in [0.1, 0.15) is 6.67 Å². The van der Waals surface area contributed by atoms with Crippen LogP contribution in [0, 0.1) is 0 Å². The van der Waals surface area contributed by atoms with E-state index in [1.54, 1.807) is 24.3 Å². The Bertz CT molecular complexity index is 691. The molecule has 0 fully saturated rings. The number of amidine groups is 1. The normalized spacial score (nSPS) is 17.6. The molecule has 108 valence electrons. The van der Waals surface area contributed by atoms with Gasteiger partial charge in [-0.2, -0.15) is 0 Å². The van der Waals surface area contributed by atoms with Crippen LogP contribution in [0.1, 0.15) is 24.2 Å². The van der Waals surface area contributed by atoms with Crippen molar-refractivity contribution in [2.24, 2.45) is 4.99 Å². The Morgan fingerprint density at radius 2 is 2.05 bits per heavy atom. The standard InChI is InChI=1S/C15H14ClN3OS/c1-9-7-10(2)19-14(17-8-18-19)13(9)21-15(20)11-3-5-12(16)6-4-11/h3-7,18H,8H2,1-2H3. The van der Waals surface area contributed by atoms with Crippen molar-refractivity contribution in [2.45, 2.75) is 13.8 Å². The molecule has 21 heavy (non-hydrogen) atoms. The van der Waals surface area contributed by atoms with Crippen LogP contribution in [-0.2, 0) is 0 Å². The molecule has 0 radical (unpaired) electrons. The van der Waals surface area contributed by atoms with E-state index in [1.807, 2.05) is 18.9 Å². The third-order valence-electron chi connectivity index (χ3n) is 3.28. The second kappa shape index (κ2) is 5.67. The molecule has 1 N–H and O–H groups in total. The van der Waals surface area contributed by atoms with Gasteiger partial charge < -0.3 is 0 Å². The molecule has 1 aromatic carbocycles. The van der Waals surface area contributed by atoms with Gasteiger partial charge in [0.25, 0.3) is 0 Å². The maximum atomic E-state index is 12.4. The highest BCUT2D eigenvalue weighted by Crippen LogP contribution is 2.33. The number of hydrogen-bond donors (Lipinski definition) is 1. The summed E-state index contributed by atoms with van der Waals surface area (Å²) in [6.45, 7) is 4.55. The molecule has 0 bridgehead atoms. The minimum absolute atomic E-state index is 0.0106. The van der Waals surface area contributed by atoms with Crippen LogP contribution in [0.5, 0.6) is 0 Å². The van der Waals surface area contributed by atoms with Crippen LogP contribution in [0.4, 0.5) is 0 Å². The molecule has 2 aliphatic heterocycles. The van der Waals surface area contributed by atoms with Gasteiger partial charge in [0.2, 0.25) is 5.12 Å². The van der Waals surface area contributed by atoms with Crippen molar-refractivity contribution in [2.75, 3.05) is 6.67 Å². The fourth-order valence-corrected chi connectivity index (χ4v) is 3.31. The molecular weight excluding hydrogens is 306 g/mol. The van der Waals surface area contributed by atoms with Gasteiger partial charge in [-0.15, -0.1) is 0 Å². The molecule has 0 saturated carbocycles. The van der Waals surface area contributed by atoms with Crippen molar-refractivity contribution in [3.63, 3.8) is 0 Å². The number of fused-ring (bicyclic) bond motifs is 1. The Balaban J connectivity index is 1.88. The summed E-state index contributed by atoms with van der Waals surface area (Å²) in [5.41, 5.74) is 5.93. The van der Waals surface area contributed by atoms with Gasteiger partial charge in [-0.1, -0.05) is 11.6 Å². The number of carbonyl (C=O) groups is 1. The first-order valence-corrected chi connectivity index (χ1v) is 7.71. The Hall–Kier alpha value is -1.56. The fraction of sp³-hybridized carbons (Fsp3) is 0.200. The van der Waals surface area contributed by atoms with Gasteiger partial charge in [-0.25, -0.2) is 10.4 Å². The highest BCUT2D eigenvalue weighted by Gasteiger charge is 2.28. The van der Waals surface area contributed by atoms with E-state index in [2.05, 4.69) is 16.5 Å². The Kier molecular flexibility index (Phi) is 3.89. The van der Waals surface area contributed by atoms with Crippen LogP contribution < -0.4 is 5.43 Å². The second-order valence-electron chi connectivity index (χ2n) is 4.83. The lowest BCUT2D eigenvalue weighted by atomic mass is 10.1. The molecule has 0 atom stereocenters. The summed E-state index contributed by atoms with van der Waals surface area (Å²) in [5, 5.41) is 2.53. The van der Waals surface area contributed by atoms with E-state index < -0.39 is 0 Å². The lowest BCUT2D eigenvalue weighted by Crippen LogP contribution is -2.37. The lowest BCUT2D eigenvalue weighted by molar-refractivity contribution is 0.108. The number of benzene rings is 1. The largest absolute Gasteiger partial charge is 0.281 e. The predicted molar refractivity (Wildman–Crippen MR) is 87.1 cm³/mol. The lowest BCUT2D eigenvalue weighted by Gasteiger charge is -2.26. The van der Waals surface area contributed by atoms with Crippen molar-refractivity contribution in [1.29, 1.82) is 0 Å². The van der Waals surface area contributed by atoms with E-state index in [-0.39, 0.29) is 5.12 Å². The average Bonchev–Trinajstić information content (AvgIpc) is 2.93. The number of rotatable bonds is 2. The minimum Gasteiger partial charge on any atom is -0.281 e. The minimum atomic E-state index is -0.0106. The van der Waals surface area contributed by atoms with E-state index in [0.717, 1.165) is 22.0 Å². The maximum Gasteiger partial charge on any atom is 0.224 e. The number of carbonyl (C=O) groups excluding carboxylic acids is 1. The molecule has 2 heterocycles. The van der Waals surface area contributed by atoms with Crippen LogP contribution >= 0.6 is 23.4 Å². The van der Waals surface area contributed by atoms with E-state index >= 15 is 0 Å². The van der Waals surface area contributed by atoms with Crippen LogP contribution in [0.25, 0.3) is 0 Å². The molecule has 0 unspecified atom stereocenters. The van der Waals surface area contributed by atoms with E-state index in [4.69, 9.17) is 11.6 Å². The molecule has 2 aliphatic rings. The number of nitrogens with one attached hydrogen (secondary N) is 1. The zero-order chi connectivity index (χ0) is 15.0. The summed E-state index contributed by atoms with van der Waals surface area (Å²) < 4.78 is 0. The van der Waals surface area contributed by atoms with Crippen molar-refractivity contribution < 1.29 is 4.79 Å². The molecule has 6 heteroatoms. The van der Waals surface area contributed by atoms with Crippen LogP contribution in [0.2, 0.25) is 5.02 Å². The Morgan fingerprint density at radius 3 is 2.76 bits per heavy atom. The summed E-state index contributed by atoms with van der Waals surface area (Å²) in [7, 11) is 0. The summed E-state index contributed by atoms with van der Waals surface area (Å²) in [5.74, 6) is 0.819. The van der Waals surface area contributed by atoms with Gasteiger partial charge in [0, 0.05) is 16.3 Å². The van der Waals surface area contributed by atoms with E-state index in [0.29, 0.717) is 17.3 Å². The summed E-state index contributed by atoms with van der Waals surface area (Å²) in [6.07, 6.45) is 2.05. The number of aliphatic imine (C=N–C) groups is 1. The smallest absolute Gasteiger partial charge is 0.224 e. The monoisotopic (exact) mass is 319 g/mol. The molecule has 0 aromatic heterocycles. The van der Waals surface area contributed by atoms with Gasteiger partial charge in [0.15, 0.2) is 5.84 Å². The van der Waals surface area contributed by atoms with Gasteiger partial charge in [-0.3, -0.25) is 9.80 Å². The first-order valence-electron chi connectivity index (χ1n) is 6.51. The highest BCUT2D eigenvalue weighted by atomic mass is 35.5. The Morgan fingerprint density at radius 1 is 1.33 bits per heavy atom. The van der Waals surface area contributed by atoms with Crippen molar-refractivity contribution in [3.8, 4) is 0 Å². The van der Waals surface area contributed by atoms with Gasteiger partial charge in [0.05, 0.1) is 4.91 Å². The highest BCUT2D eigenvalue weighted by molar-refractivity contribution is 8.18. The zero-order valence-electron chi connectivity index (χ0n) is 11.7. The first-order chi connectivity index (χ1) is 10.1. The summed E-state index contributed by atoms with van der Waals surface area (Å²) in [4.78, 5) is 17.7. The van der Waals surface area contributed by atoms with Crippen LogP contribution in [0.3, 0.4) is 0 Å². The fourth-order valence-electron chi connectivity index (χ4n) is 2.28. The quantitative estimate of drug-likeness (QED) is 0.905. The number of hydrazine groups is 1. The number of allylic oxidation sites excluding steroid dienone is 3. The molecule has 0 aliphatic carbocycles. The first kappa shape index (κ1) is 14.4. The van der Waals surface area contributed by atoms with Crippen LogP contribution in [0.15, 0.2) is 51.5 Å². The number of thioether (sulfide) groups is 1. The molecule has 0 spiro atoms. The Labute approximate surface area is 132 Å². The SMILES string of the molecule is CC1=CC(C)=C(SC(=O)c2ccc(Cl)cc2)C2=NCNN12. The van der Waals surface area contributed by atoms with Crippen LogP contribution in [-0.4, -0.2) is 22.6 Å². The third kappa shape index (κ3) is 2.77. The number of halogens is 1. The van der Waals surface area contributed by atoms with Crippen molar-refractivity contribution >= 4 is 34.3 Å². The topological polar surface area (TPSA) is 44.7 Å². The molecule has 0 amide bonds. The average molecular weight is 320 g/mol. The molecule has 4 nitrogen and oxygen atoms in total. The summed E-state index contributed by atoms with van der Waals surface area (Å²) >= 11 is 7.06. The van der Waals surface area contributed by atoms with Crippen molar-refractivity contribution in [1.82, 2.24) is 10.4 Å². The van der Waals surface area contributed by atoms with Gasteiger partial charge >= 0.3 is 0 Å². The molecule has 1 aromatic rings. The third-order valence-corrected chi connectivity index (χ3v) is 4.67. The number of nitrogens with zero attached hydrogens (tertiary/aromatic N) is 2. The number of hydrogen-bond acceptors (Lipinski definition) is 5. The van der Waals surface area contributed by atoms with Crippen molar-refractivity contribution in [3.05, 3.63) is 57.1 Å². The van der Waals surface area contributed by atoms with E-state index in [1.165, 1.54) is 11.8 Å². The summed E-state index contributed by atoms with van der Waals surface area (Å²) in [6, 6.07) is 6.93.